The largest absolute Gasteiger partial charge is 0.462 e. The summed E-state index contributed by atoms with van der Waals surface area (Å²) in [5.41, 5.74) is 1.00. The Hall–Kier alpha value is -3.03. The summed E-state index contributed by atoms with van der Waals surface area (Å²) in [6.07, 6.45) is 4.93. The minimum Gasteiger partial charge on any atom is -0.462 e. The van der Waals surface area contributed by atoms with Crippen LogP contribution < -0.4 is 10.3 Å². The van der Waals surface area contributed by atoms with E-state index in [9.17, 15) is 14.4 Å². The number of anilines is 1. The average molecular weight is 470 g/mol. The Morgan fingerprint density at radius 3 is 2.38 bits per heavy atom. The Morgan fingerprint density at radius 1 is 1.09 bits per heavy atom. The van der Waals surface area contributed by atoms with Gasteiger partial charge in [-0.25, -0.2) is 9.59 Å². The first-order chi connectivity index (χ1) is 16.2. The molecule has 1 amide bonds. The smallest absolute Gasteiger partial charge is 0.410 e. The van der Waals surface area contributed by atoms with Crippen molar-refractivity contribution in [2.24, 2.45) is 5.92 Å². The Morgan fingerprint density at radius 2 is 1.79 bits per heavy atom. The van der Waals surface area contributed by atoms with Gasteiger partial charge in [0.05, 0.1) is 12.1 Å². The van der Waals surface area contributed by atoms with Crippen molar-refractivity contribution in [1.29, 1.82) is 0 Å². The highest BCUT2D eigenvalue weighted by molar-refractivity contribution is 5.94. The summed E-state index contributed by atoms with van der Waals surface area (Å²) >= 11 is 0. The highest BCUT2D eigenvalue weighted by atomic mass is 16.6. The number of piperazine rings is 1. The number of pyridine rings is 1. The number of carbonyl (C=O) groups is 2. The van der Waals surface area contributed by atoms with Gasteiger partial charge < -0.3 is 23.8 Å². The van der Waals surface area contributed by atoms with E-state index in [0.29, 0.717) is 37.5 Å². The fourth-order valence-electron chi connectivity index (χ4n) is 4.51. The molecule has 1 saturated carbocycles. The van der Waals surface area contributed by atoms with Crippen molar-refractivity contribution in [1.82, 2.24) is 9.47 Å². The summed E-state index contributed by atoms with van der Waals surface area (Å²) in [4.78, 5) is 42.1. The number of aromatic nitrogens is 1. The number of carbonyl (C=O) groups excluding carboxylic acids is 2. The summed E-state index contributed by atoms with van der Waals surface area (Å²) in [5, 5.41) is 0.525. The summed E-state index contributed by atoms with van der Waals surface area (Å²) in [5.74, 6) is -0.00510. The quantitative estimate of drug-likeness (QED) is 0.615. The number of amides is 1. The van der Waals surface area contributed by atoms with E-state index in [1.165, 1.54) is 19.3 Å². The number of fused-ring (bicyclic) bond motifs is 1. The number of esters is 1. The molecule has 184 valence electrons. The van der Waals surface area contributed by atoms with Gasteiger partial charge in [0.2, 0.25) is 5.43 Å². The molecule has 0 N–H and O–H groups in total. The first-order valence-corrected chi connectivity index (χ1v) is 12.2. The third-order valence-corrected chi connectivity index (χ3v) is 6.54. The van der Waals surface area contributed by atoms with Crippen molar-refractivity contribution in [2.45, 2.75) is 59.1 Å². The summed E-state index contributed by atoms with van der Waals surface area (Å²) < 4.78 is 12.7. The van der Waals surface area contributed by atoms with Crippen molar-refractivity contribution in [3.8, 4) is 0 Å². The third kappa shape index (κ3) is 5.21. The van der Waals surface area contributed by atoms with Gasteiger partial charge in [-0.2, -0.15) is 0 Å². The summed E-state index contributed by atoms with van der Waals surface area (Å²) in [6.45, 7) is 10.7. The van der Waals surface area contributed by atoms with Gasteiger partial charge in [-0.1, -0.05) is 6.42 Å². The number of hydrogen-bond acceptors (Lipinski definition) is 6. The molecule has 1 aromatic heterocycles. The second-order valence-electron chi connectivity index (χ2n) is 10.2. The third-order valence-electron chi connectivity index (χ3n) is 6.54. The van der Waals surface area contributed by atoms with Crippen LogP contribution in [0.4, 0.5) is 10.5 Å². The second kappa shape index (κ2) is 9.68. The van der Waals surface area contributed by atoms with Crippen molar-refractivity contribution < 1.29 is 19.1 Å². The summed E-state index contributed by atoms with van der Waals surface area (Å²) in [6, 6.07) is 5.87. The van der Waals surface area contributed by atoms with E-state index < -0.39 is 11.6 Å². The van der Waals surface area contributed by atoms with Crippen LogP contribution in [0, 0.1) is 5.92 Å². The topological polar surface area (TPSA) is 81.1 Å². The highest BCUT2D eigenvalue weighted by Gasteiger charge is 2.27. The minimum absolute atomic E-state index is 0.0839. The van der Waals surface area contributed by atoms with Gasteiger partial charge in [0, 0.05) is 50.0 Å². The molecule has 8 heteroatoms. The molecule has 1 saturated heterocycles. The van der Waals surface area contributed by atoms with Gasteiger partial charge in [0.15, 0.2) is 0 Å². The number of hydrogen-bond donors (Lipinski definition) is 0. The van der Waals surface area contributed by atoms with E-state index in [4.69, 9.17) is 9.47 Å². The molecule has 1 aromatic carbocycles. The number of ether oxygens (including phenoxy) is 2. The van der Waals surface area contributed by atoms with Gasteiger partial charge in [0.1, 0.15) is 11.2 Å². The first kappa shape index (κ1) is 24.1. The van der Waals surface area contributed by atoms with Crippen LogP contribution in [-0.2, 0) is 16.0 Å². The molecule has 0 radical (unpaired) electrons. The standard InChI is InChI=1S/C26H35N3O5/c1-5-33-24(31)21-17-29(16-18-7-6-8-18)22-10-9-19(15-20(22)23(21)30)27-11-13-28(14-12-27)25(32)34-26(2,3)4/h9-10,15,17-18H,5-8,11-14,16H2,1-4H3. The van der Waals surface area contributed by atoms with Gasteiger partial charge in [-0.05, 0) is 64.7 Å². The monoisotopic (exact) mass is 469 g/mol. The maximum atomic E-state index is 13.3. The lowest BCUT2D eigenvalue weighted by Gasteiger charge is -2.37. The van der Waals surface area contributed by atoms with Crippen LogP contribution in [0.15, 0.2) is 29.2 Å². The Labute approximate surface area is 200 Å². The van der Waals surface area contributed by atoms with Gasteiger partial charge in [-0.3, -0.25) is 4.79 Å². The lowest BCUT2D eigenvalue weighted by atomic mass is 9.85. The zero-order valence-corrected chi connectivity index (χ0v) is 20.6. The molecule has 0 bridgehead atoms. The maximum absolute atomic E-state index is 13.3. The summed E-state index contributed by atoms with van der Waals surface area (Å²) in [7, 11) is 0. The van der Waals surface area contributed by atoms with E-state index >= 15 is 0 Å². The van der Waals surface area contributed by atoms with E-state index in [1.807, 2.05) is 43.5 Å². The molecule has 34 heavy (non-hydrogen) atoms. The molecule has 0 atom stereocenters. The van der Waals surface area contributed by atoms with Gasteiger partial charge in [-0.15, -0.1) is 0 Å². The molecule has 0 unspecified atom stereocenters. The minimum atomic E-state index is -0.576. The predicted octanol–water partition coefficient (Wildman–Crippen LogP) is 4.04. The number of benzene rings is 1. The Balaban J connectivity index is 1.60. The molecule has 2 aliphatic rings. The Kier molecular flexibility index (Phi) is 6.86. The van der Waals surface area contributed by atoms with E-state index in [2.05, 4.69) is 4.90 Å². The normalized spacial score (nSPS) is 16.9. The van der Waals surface area contributed by atoms with Crippen LogP contribution in [-0.4, -0.2) is 59.9 Å². The Bertz CT molecular complexity index is 1120. The van der Waals surface area contributed by atoms with Gasteiger partial charge in [0.25, 0.3) is 0 Å². The number of rotatable bonds is 5. The molecule has 1 aliphatic carbocycles. The highest BCUT2D eigenvalue weighted by Crippen LogP contribution is 2.30. The SMILES string of the molecule is CCOC(=O)c1cn(CC2CCC2)c2ccc(N3CCN(C(=O)OC(C)(C)C)CC3)cc2c1=O. The molecule has 8 nitrogen and oxygen atoms in total. The molecular weight excluding hydrogens is 434 g/mol. The molecular formula is C26H35N3O5. The fourth-order valence-corrected chi connectivity index (χ4v) is 4.51. The van der Waals surface area contributed by atoms with Crippen LogP contribution >= 0.6 is 0 Å². The molecule has 2 heterocycles. The average Bonchev–Trinajstić information content (AvgIpc) is 2.76. The van der Waals surface area contributed by atoms with Crippen molar-refractivity contribution in [3.63, 3.8) is 0 Å². The molecule has 1 aliphatic heterocycles. The molecule has 2 fully saturated rings. The molecule has 4 rings (SSSR count). The zero-order chi connectivity index (χ0) is 24.5. The number of nitrogens with zero attached hydrogens (tertiary/aromatic N) is 3. The fraction of sp³-hybridized carbons (Fsp3) is 0.577. The second-order valence-corrected chi connectivity index (χ2v) is 10.2. The van der Waals surface area contributed by atoms with Crippen LogP contribution in [0.3, 0.4) is 0 Å². The lowest BCUT2D eigenvalue weighted by molar-refractivity contribution is 0.0240. The maximum Gasteiger partial charge on any atom is 0.410 e. The predicted molar refractivity (Wildman–Crippen MR) is 132 cm³/mol. The molecule has 0 spiro atoms. The lowest BCUT2D eigenvalue weighted by Crippen LogP contribution is -2.50. The van der Waals surface area contributed by atoms with Crippen molar-refractivity contribution >= 4 is 28.7 Å². The van der Waals surface area contributed by atoms with Crippen LogP contribution in [0.1, 0.15) is 57.3 Å². The van der Waals surface area contributed by atoms with E-state index in [0.717, 1.165) is 17.7 Å². The van der Waals surface area contributed by atoms with Crippen LogP contribution in [0.25, 0.3) is 10.9 Å². The molecule has 2 aromatic rings. The van der Waals surface area contributed by atoms with E-state index in [1.54, 1.807) is 18.0 Å². The first-order valence-electron chi connectivity index (χ1n) is 12.2. The van der Waals surface area contributed by atoms with Crippen molar-refractivity contribution in [2.75, 3.05) is 37.7 Å². The van der Waals surface area contributed by atoms with Crippen molar-refractivity contribution in [3.05, 3.63) is 40.2 Å². The zero-order valence-electron chi connectivity index (χ0n) is 20.6. The van der Waals surface area contributed by atoms with E-state index in [-0.39, 0.29) is 23.7 Å². The van der Waals surface area contributed by atoms with Gasteiger partial charge >= 0.3 is 12.1 Å². The van der Waals surface area contributed by atoms with Crippen LogP contribution in [0.2, 0.25) is 0 Å². The van der Waals surface area contributed by atoms with Crippen LogP contribution in [0.5, 0.6) is 0 Å².